The Morgan fingerprint density at radius 1 is 1.43 bits per heavy atom. The van der Waals surface area contributed by atoms with Gasteiger partial charge >= 0.3 is 5.97 Å². The molecule has 0 amide bonds. The van der Waals surface area contributed by atoms with E-state index >= 15 is 0 Å². The van der Waals surface area contributed by atoms with E-state index in [1.165, 1.54) is 7.11 Å². The maximum absolute atomic E-state index is 11.7. The summed E-state index contributed by atoms with van der Waals surface area (Å²) in [6, 6.07) is -0.469. The molecule has 2 aliphatic rings. The molecule has 3 atom stereocenters. The summed E-state index contributed by atoms with van der Waals surface area (Å²) in [6.45, 7) is 1.61. The van der Waals surface area contributed by atoms with Crippen molar-refractivity contribution in [1.82, 2.24) is 4.90 Å². The van der Waals surface area contributed by atoms with E-state index in [0.717, 1.165) is 12.8 Å². The molecule has 0 aromatic rings. The number of carbonyl (C=O) groups excluding carboxylic acids is 1. The smallest absolute Gasteiger partial charge is 0.306 e. The Balaban J connectivity index is 2.01. The molecule has 1 N–H and O–H groups in total. The third-order valence-electron chi connectivity index (χ3n) is 4.06. The number of rotatable bonds is 6. The van der Waals surface area contributed by atoms with Crippen molar-refractivity contribution < 1.29 is 27.8 Å². The van der Waals surface area contributed by atoms with Crippen LogP contribution in [0.1, 0.15) is 19.3 Å². The molecule has 7 nitrogen and oxygen atoms in total. The van der Waals surface area contributed by atoms with Gasteiger partial charge in [-0.2, -0.15) is 0 Å². The van der Waals surface area contributed by atoms with Gasteiger partial charge in [0.15, 0.2) is 9.84 Å². The SMILES string of the molecule is COC(=O)CCN(CC1CCCO1)C1CS(=O)(=O)CC1O. The molecule has 2 saturated heterocycles. The Hall–Kier alpha value is -0.700. The van der Waals surface area contributed by atoms with Gasteiger partial charge in [0.1, 0.15) is 0 Å². The van der Waals surface area contributed by atoms with Crippen molar-refractivity contribution in [2.24, 2.45) is 0 Å². The lowest BCUT2D eigenvalue weighted by Crippen LogP contribution is -2.47. The zero-order valence-corrected chi connectivity index (χ0v) is 13.0. The van der Waals surface area contributed by atoms with Crippen molar-refractivity contribution in [1.29, 1.82) is 0 Å². The number of carbonyl (C=O) groups is 1. The average Bonchev–Trinajstić information content (AvgIpc) is 3.01. The second-order valence-electron chi connectivity index (χ2n) is 5.67. The third-order valence-corrected chi connectivity index (χ3v) is 5.75. The molecule has 0 radical (unpaired) electrons. The van der Waals surface area contributed by atoms with Gasteiger partial charge in [0.2, 0.25) is 0 Å². The fraction of sp³-hybridized carbons (Fsp3) is 0.923. The van der Waals surface area contributed by atoms with E-state index in [1.54, 1.807) is 0 Å². The first kappa shape index (κ1) is 16.7. The molecule has 0 spiro atoms. The largest absolute Gasteiger partial charge is 0.469 e. The predicted octanol–water partition coefficient (Wildman–Crippen LogP) is -0.812. The van der Waals surface area contributed by atoms with E-state index in [9.17, 15) is 18.3 Å². The summed E-state index contributed by atoms with van der Waals surface area (Å²) in [4.78, 5) is 13.2. The first-order valence-corrected chi connectivity index (χ1v) is 9.04. The summed E-state index contributed by atoms with van der Waals surface area (Å²) in [5.41, 5.74) is 0. The molecule has 0 aliphatic carbocycles. The van der Waals surface area contributed by atoms with Crippen LogP contribution in [0.5, 0.6) is 0 Å². The topological polar surface area (TPSA) is 93.1 Å². The molecule has 2 fully saturated rings. The summed E-state index contributed by atoms with van der Waals surface area (Å²) in [6.07, 6.45) is 1.21. The van der Waals surface area contributed by atoms with Crippen LogP contribution in [0.4, 0.5) is 0 Å². The van der Waals surface area contributed by atoms with Gasteiger partial charge in [-0.25, -0.2) is 8.42 Å². The van der Waals surface area contributed by atoms with Crippen molar-refractivity contribution in [2.45, 2.75) is 37.5 Å². The Bertz CT molecular complexity index is 459. The average molecular weight is 321 g/mol. The summed E-state index contributed by atoms with van der Waals surface area (Å²) in [5, 5.41) is 10.0. The lowest BCUT2D eigenvalue weighted by Gasteiger charge is -2.31. The van der Waals surface area contributed by atoms with Crippen LogP contribution in [0.3, 0.4) is 0 Å². The van der Waals surface area contributed by atoms with Crippen molar-refractivity contribution in [3.05, 3.63) is 0 Å². The molecule has 0 bridgehead atoms. The second kappa shape index (κ2) is 7.04. The summed E-state index contributed by atoms with van der Waals surface area (Å²) < 4.78 is 33.6. The molecule has 0 saturated carbocycles. The quantitative estimate of drug-likeness (QED) is 0.639. The molecule has 3 unspecified atom stereocenters. The Labute approximate surface area is 125 Å². The van der Waals surface area contributed by atoms with Gasteiger partial charge < -0.3 is 14.6 Å². The first-order chi connectivity index (χ1) is 9.91. The van der Waals surface area contributed by atoms with E-state index in [2.05, 4.69) is 4.74 Å². The number of esters is 1. The van der Waals surface area contributed by atoms with Gasteiger partial charge in [-0.15, -0.1) is 0 Å². The monoisotopic (exact) mass is 321 g/mol. The summed E-state index contributed by atoms with van der Waals surface area (Å²) >= 11 is 0. The lowest BCUT2D eigenvalue weighted by atomic mass is 10.1. The van der Waals surface area contributed by atoms with Crippen molar-refractivity contribution in [3.8, 4) is 0 Å². The number of aliphatic hydroxyl groups excluding tert-OH is 1. The number of ether oxygens (including phenoxy) is 2. The number of methoxy groups -OCH3 is 1. The Morgan fingerprint density at radius 3 is 2.71 bits per heavy atom. The van der Waals surface area contributed by atoms with Crippen LogP contribution in [0.2, 0.25) is 0 Å². The molecule has 2 aliphatic heterocycles. The maximum Gasteiger partial charge on any atom is 0.306 e. The van der Waals surface area contributed by atoms with Crippen molar-refractivity contribution in [3.63, 3.8) is 0 Å². The maximum atomic E-state index is 11.7. The van der Waals surface area contributed by atoms with Crippen molar-refractivity contribution in [2.75, 3.05) is 38.3 Å². The van der Waals surface area contributed by atoms with Gasteiger partial charge in [0.05, 0.1) is 43.3 Å². The van der Waals surface area contributed by atoms with E-state index < -0.39 is 22.0 Å². The van der Waals surface area contributed by atoms with Gasteiger partial charge in [0.25, 0.3) is 0 Å². The normalized spacial score (nSPS) is 31.7. The molecule has 0 aromatic heterocycles. The molecule has 0 aromatic carbocycles. The first-order valence-electron chi connectivity index (χ1n) is 7.22. The second-order valence-corrected chi connectivity index (χ2v) is 7.82. The highest BCUT2D eigenvalue weighted by atomic mass is 32.2. The fourth-order valence-corrected chi connectivity index (χ4v) is 4.77. The number of hydrogen-bond acceptors (Lipinski definition) is 7. The predicted molar refractivity (Wildman–Crippen MR) is 75.6 cm³/mol. The number of aliphatic hydroxyl groups is 1. The summed E-state index contributed by atoms with van der Waals surface area (Å²) in [5.74, 6) is -0.623. The van der Waals surface area contributed by atoms with E-state index in [-0.39, 0.29) is 30.0 Å². The standard InChI is InChI=1S/C13H23NO6S/c1-19-13(16)4-5-14(7-10-3-2-6-20-10)11-8-21(17,18)9-12(11)15/h10-12,15H,2-9H2,1H3. The minimum Gasteiger partial charge on any atom is -0.469 e. The van der Waals surface area contributed by atoms with Crippen LogP contribution in [0.15, 0.2) is 0 Å². The Kier molecular flexibility index (Phi) is 5.59. The highest BCUT2D eigenvalue weighted by molar-refractivity contribution is 7.91. The number of sulfone groups is 1. The van der Waals surface area contributed by atoms with Gasteiger partial charge in [-0.05, 0) is 12.8 Å². The molecular weight excluding hydrogens is 298 g/mol. The minimum absolute atomic E-state index is 0.0400. The van der Waals surface area contributed by atoms with Crippen LogP contribution < -0.4 is 0 Å². The highest BCUT2D eigenvalue weighted by Gasteiger charge is 2.40. The fourth-order valence-electron chi connectivity index (χ4n) is 2.94. The molecular formula is C13H23NO6S. The minimum atomic E-state index is -3.22. The zero-order valence-electron chi connectivity index (χ0n) is 12.2. The van der Waals surface area contributed by atoms with Crippen LogP contribution in [0.25, 0.3) is 0 Å². The third kappa shape index (κ3) is 4.64. The Morgan fingerprint density at radius 2 is 2.19 bits per heavy atom. The molecule has 8 heteroatoms. The van der Waals surface area contributed by atoms with E-state index in [0.29, 0.717) is 19.7 Å². The zero-order chi connectivity index (χ0) is 15.5. The van der Waals surface area contributed by atoms with E-state index in [1.807, 2.05) is 4.90 Å². The molecule has 2 rings (SSSR count). The summed E-state index contributed by atoms with van der Waals surface area (Å²) in [7, 11) is -1.90. The molecule has 21 heavy (non-hydrogen) atoms. The van der Waals surface area contributed by atoms with Gasteiger partial charge in [-0.3, -0.25) is 9.69 Å². The lowest BCUT2D eigenvalue weighted by molar-refractivity contribution is -0.141. The van der Waals surface area contributed by atoms with E-state index in [4.69, 9.17) is 4.74 Å². The van der Waals surface area contributed by atoms with Gasteiger partial charge in [0, 0.05) is 19.7 Å². The highest BCUT2D eigenvalue weighted by Crippen LogP contribution is 2.22. The van der Waals surface area contributed by atoms with Crippen LogP contribution in [0, 0.1) is 0 Å². The van der Waals surface area contributed by atoms with Gasteiger partial charge in [-0.1, -0.05) is 0 Å². The molecule has 2 heterocycles. The van der Waals surface area contributed by atoms with Crippen molar-refractivity contribution >= 4 is 15.8 Å². The number of hydrogen-bond donors (Lipinski definition) is 1. The number of nitrogens with zero attached hydrogens (tertiary/aromatic N) is 1. The van der Waals surface area contributed by atoms with Crippen LogP contribution in [-0.4, -0.2) is 81.0 Å². The molecule has 122 valence electrons. The van der Waals surface area contributed by atoms with Crippen LogP contribution >= 0.6 is 0 Å². The van der Waals surface area contributed by atoms with Crippen LogP contribution in [-0.2, 0) is 24.1 Å².